The van der Waals surface area contributed by atoms with E-state index in [0.717, 1.165) is 12.1 Å². The lowest BCUT2D eigenvalue weighted by Crippen LogP contribution is -2.33. The second-order valence-corrected chi connectivity index (χ2v) is 5.69. The Morgan fingerprint density at radius 1 is 1.38 bits per heavy atom. The molecule has 1 aliphatic rings. The number of halogens is 3. The molecule has 1 atom stereocenters. The number of carbonyl (C=O) groups is 2. The van der Waals surface area contributed by atoms with Crippen LogP contribution in [0.4, 0.5) is 14.9 Å². The van der Waals surface area contributed by atoms with Crippen LogP contribution in [0.1, 0.15) is 12.8 Å². The average molecular weight is 335 g/mol. The molecule has 0 bridgehead atoms. The van der Waals surface area contributed by atoms with Crippen molar-refractivity contribution in [2.45, 2.75) is 12.8 Å². The first kappa shape index (κ1) is 15.9. The predicted molar refractivity (Wildman–Crippen MR) is 77.4 cm³/mol. The number of nitrogens with zero attached hydrogens (tertiary/aromatic N) is 1. The molecule has 1 aliphatic heterocycles. The number of benzene rings is 1. The van der Waals surface area contributed by atoms with Crippen LogP contribution in [0.2, 0.25) is 10.0 Å². The van der Waals surface area contributed by atoms with Crippen LogP contribution in [0, 0.1) is 11.7 Å². The van der Waals surface area contributed by atoms with Crippen LogP contribution in [0.5, 0.6) is 0 Å². The smallest absolute Gasteiger partial charge is 0.321 e. The Labute approximate surface area is 130 Å². The third kappa shape index (κ3) is 3.98. The van der Waals surface area contributed by atoms with Gasteiger partial charge in [0.15, 0.2) is 0 Å². The Bertz CT molecular complexity index is 560. The van der Waals surface area contributed by atoms with Crippen LogP contribution in [0.3, 0.4) is 0 Å². The van der Waals surface area contributed by atoms with Crippen molar-refractivity contribution in [3.05, 3.63) is 28.0 Å². The Balaban J connectivity index is 2.01. The minimum absolute atomic E-state index is 0.00892. The number of hydrogen-bond acceptors (Lipinski definition) is 2. The van der Waals surface area contributed by atoms with Gasteiger partial charge in [-0.1, -0.05) is 23.2 Å². The highest BCUT2D eigenvalue weighted by Gasteiger charge is 2.28. The van der Waals surface area contributed by atoms with Gasteiger partial charge in [-0.3, -0.25) is 4.79 Å². The maximum atomic E-state index is 13.1. The molecule has 1 fully saturated rings. The lowest BCUT2D eigenvalue weighted by Gasteiger charge is -2.18. The molecule has 1 aromatic rings. The van der Waals surface area contributed by atoms with E-state index in [4.69, 9.17) is 28.3 Å². The minimum atomic E-state index is -0.883. The maximum absolute atomic E-state index is 13.1. The normalized spacial score (nSPS) is 17.9. The molecular weight excluding hydrogens is 322 g/mol. The van der Waals surface area contributed by atoms with Gasteiger partial charge in [-0.15, -0.1) is 0 Å². The molecule has 0 saturated carbocycles. The quantitative estimate of drug-likeness (QED) is 0.889. The van der Waals surface area contributed by atoms with E-state index in [-0.39, 0.29) is 28.1 Å². The Kier molecular flexibility index (Phi) is 4.90. The van der Waals surface area contributed by atoms with E-state index in [9.17, 15) is 14.0 Å². The molecular formula is C13H13Cl2FN2O3. The number of rotatable bonds is 3. The monoisotopic (exact) mass is 334 g/mol. The molecule has 0 radical (unpaired) electrons. The summed E-state index contributed by atoms with van der Waals surface area (Å²) in [6.45, 7) is 0.814. The van der Waals surface area contributed by atoms with Gasteiger partial charge in [-0.05, 0) is 24.5 Å². The molecule has 2 amide bonds. The fraction of sp³-hybridized carbons (Fsp3) is 0.385. The Morgan fingerprint density at radius 2 is 2.00 bits per heavy atom. The van der Waals surface area contributed by atoms with Crippen LogP contribution in [-0.2, 0) is 4.79 Å². The van der Waals surface area contributed by atoms with E-state index in [2.05, 4.69) is 5.32 Å². The predicted octanol–water partition coefficient (Wildman–Crippen LogP) is 3.46. The van der Waals surface area contributed by atoms with Crippen LogP contribution in [0.25, 0.3) is 0 Å². The van der Waals surface area contributed by atoms with Gasteiger partial charge in [-0.25, -0.2) is 9.18 Å². The van der Waals surface area contributed by atoms with Crippen molar-refractivity contribution in [1.29, 1.82) is 0 Å². The number of carbonyl (C=O) groups excluding carboxylic acids is 1. The molecule has 8 heteroatoms. The van der Waals surface area contributed by atoms with E-state index in [1.54, 1.807) is 0 Å². The van der Waals surface area contributed by atoms with Gasteiger partial charge >= 0.3 is 12.0 Å². The highest BCUT2D eigenvalue weighted by Crippen LogP contribution is 2.32. The zero-order valence-electron chi connectivity index (χ0n) is 10.9. The summed E-state index contributed by atoms with van der Waals surface area (Å²) in [5.74, 6) is -1.54. The summed E-state index contributed by atoms with van der Waals surface area (Å²) in [6, 6.07) is 1.68. The van der Waals surface area contributed by atoms with Crippen molar-refractivity contribution in [3.8, 4) is 0 Å². The van der Waals surface area contributed by atoms with Gasteiger partial charge in [-0.2, -0.15) is 0 Å². The summed E-state index contributed by atoms with van der Waals surface area (Å²) in [5, 5.41) is 11.3. The van der Waals surface area contributed by atoms with Crippen molar-refractivity contribution in [2.24, 2.45) is 5.92 Å². The van der Waals surface area contributed by atoms with Crippen molar-refractivity contribution in [3.63, 3.8) is 0 Å². The second-order valence-electron chi connectivity index (χ2n) is 4.87. The first-order valence-electron chi connectivity index (χ1n) is 6.29. The fourth-order valence-corrected chi connectivity index (χ4v) is 2.83. The molecule has 0 aliphatic carbocycles. The summed E-state index contributed by atoms with van der Waals surface area (Å²) in [5.41, 5.74) is 0.145. The number of anilines is 1. The lowest BCUT2D eigenvalue weighted by atomic mass is 10.1. The molecule has 21 heavy (non-hydrogen) atoms. The van der Waals surface area contributed by atoms with Crippen molar-refractivity contribution < 1.29 is 19.1 Å². The summed E-state index contributed by atoms with van der Waals surface area (Å²) < 4.78 is 13.1. The number of nitrogens with one attached hydrogen (secondary N) is 1. The number of carboxylic acid groups (broad SMARTS) is 1. The maximum Gasteiger partial charge on any atom is 0.321 e. The zero-order chi connectivity index (χ0) is 15.6. The minimum Gasteiger partial charge on any atom is -0.481 e. The van der Waals surface area contributed by atoms with Crippen LogP contribution in [-0.4, -0.2) is 35.1 Å². The summed E-state index contributed by atoms with van der Waals surface area (Å²) in [4.78, 5) is 24.2. The van der Waals surface area contributed by atoms with Crippen molar-refractivity contribution in [1.82, 2.24) is 4.90 Å². The summed E-state index contributed by atoms with van der Waals surface area (Å²) >= 11 is 11.7. The van der Waals surface area contributed by atoms with Crippen LogP contribution in [0.15, 0.2) is 12.1 Å². The van der Waals surface area contributed by atoms with E-state index >= 15 is 0 Å². The number of urea groups is 1. The SMILES string of the molecule is O=C(O)CC1CCN(C(=O)Nc2c(Cl)cc(F)cc2Cl)C1. The third-order valence-electron chi connectivity index (χ3n) is 3.28. The molecule has 0 aromatic heterocycles. The Hall–Kier alpha value is -1.53. The zero-order valence-corrected chi connectivity index (χ0v) is 12.4. The molecule has 5 nitrogen and oxygen atoms in total. The van der Waals surface area contributed by atoms with E-state index in [1.807, 2.05) is 0 Å². The van der Waals surface area contributed by atoms with Crippen LogP contribution >= 0.6 is 23.2 Å². The Morgan fingerprint density at radius 3 is 2.57 bits per heavy atom. The molecule has 2 N–H and O–H groups in total. The molecule has 2 rings (SSSR count). The third-order valence-corrected chi connectivity index (χ3v) is 3.87. The number of likely N-dealkylation sites (tertiary alicyclic amines) is 1. The van der Waals surface area contributed by atoms with Gasteiger partial charge in [0.05, 0.1) is 15.7 Å². The highest BCUT2D eigenvalue weighted by molar-refractivity contribution is 6.39. The molecule has 1 aromatic carbocycles. The van der Waals surface area contributed by atoms with Gasteiger partial charge in [0, 0.05) is 19.5 Å². The largest absolute Gasteiger partial charge is 0.481 e. The number of aliphatic carboxylic acids is 1. The van der Waals surface area contributed by atoms with Crippen LogP contribution < -0.4 is 5.32 Å². The molecule has 0 spiro atoms. The number of carboxylic acids is 1. The fourth-order valence-electron chi connectivity index (χ4n) is 2.28. The van der Waals surface area contributed by atoms with Gasteiger partial charge in [0.25, 0.3) is 0 Å². The second kappa shape index (κ2) is 6.49. The molecule has 114 valence electrons. The molecule has 1 heterocycles. The van der Waals surface area contributed by atoms with Gasteiger partial charge < -0.3 is 15.3 Å². The van der Waals surface area contributed by atoms with E-state index < -0.39 is 17.8 Å². The van der Waals surface area contributed by atoms with Gasteiger partial charge in [0.1, 0.15) is 5.82 Å². The standard InChI is InChI=1S/C13H13Cl2FN2O3/c14-9-4-8(16)5-10(15)12(9)17-13(21)18-2-1-7(6-18)3-11(19)20/h4-5,7H,1-3,6H2,(H,17,21)(H,19,20). The van der Waals surface area contributed by atoms with Gasteiger partial charge in [0.2, 0.25) is 0 Å². The van der Waals surface area contributed by atoms with E-state index in [0.29, 0.717) is 19.5 Å². The first-order valence-corrected chi connectivity index (χ1v) is 7.04. The summed E-state index contributed by atoms with van der Waals surface area (Å²) in [7, 11) is 0. The molecule has 1 saturated heterocycles. The first-order chi connectivity index (χ1) is 9.86. The number of hydrogen-bond donors (Lipinski definition) is 2. The topological polar surface area (TPSA) is 69.6 Å². The highest BCUT2D eigenvalue weighted by atomic mass is 35.5. The van der Waals surface area contributed by atoms with Crippen molar-refractivity contribution >= 4 is 40.9 Å². The number of amides is 2. The average Bonchev–Trinajstić information content (AvgIpc) is 2.81. The summed E-state index contributed by atoms with van der Waals surface area (Å²) in [6.07, 6.45) is 0.659. The lowest BCUT2D eigenvalue weighted by molar-refractivity contribution is -0.138. The van der Waals surface area contributed by atoms with E-state index in [1.165, 1.54) is 4.90 Å². The molecule has 1 unspecified atom stereocenters. The van der Waals surface area contributed by atoms with Crippen molar-refractivity contribution in [2.75, 3.05) is 18.4 Å².